The summed E-state index contributed by atoms with van der Waals surface area (Å²) in [4.78, 5) is 22.2. The molecule has 0 aliphatic carbocycles. The Labute approximate surface area is 167 Å². The van der Waals surface area contributed by atoms with Gasteiger partial charge < -0.3 is 4.74 Å². The normalized spacial score (nSPS) is 10.6. The van der Waals surface area contributed by atoms with Gasteiger partial charge in [-0.3, -0.25) is 9.59 Å². The number of para-hydroxylation sites is 1. The molecule has 0 saturated heterocycles. The maximum absolute atomic E-state index is 12.5. The Kier molecular flexibility index (Phi) is 9.04. The minimum atomic E-state index is -4.79. The van der Waals surface area contributed by atoms with Crippen molar-refractivity contribution in [2.75, 3.05) is 10.7 Å². The first kappa shape index (κ1) is 23.2. The molecule has 0 aliphatic heterocycles. The molecule has 0 aliphatic rings. The van der Waals surface area contributed by atoms with Crippen LogP contribution in [-0.2, 0) is 0 Å². The van der Waals surface area contributed by atoms with Gasteiger partial charge in [0.2, 0.25) is 0 Å². The van der Waals surface area contributed by atoms with Crippen molar-refractivity contribution in [3.8, 4) is 5.75 Å². The summed E-state index contributed by atoms with van der Waals surface area (Å²) in [6.07, 6.45) is -4.79. The summed E-state index contributed by atoms with van der Waals surface area (Å²) in [5.41, 5.74) is -0.0453. The molecule has 10 heteroatoms. The molecule has 0 N–H and O–H groups in total. The molecule has 0 fully saturated rings. The van der Waals surface area contributed by atoms with Gasteiger partial charge >= 0.3 is 6.36 Å². The number of alkyl halides is 5. The molecule has 2 aromatic rings. The molecule has 2 aromatic carbocycles. The van der Waals surface area contributed by atoms with E-state index in [1.54, 1.807) is 0 Å². The van der Waals surface area contributed by atoms with Crippen molar-refractivity contribution in [1.82, 2.24) is 0 Å². The van der Waals surface area contributed by atoms with E-state index in [4.69, 9.17) is 0 Å². The minimum absolute atomic E-state index is 0.0457. The molecule has 0 spiro atoms. The quantitative estimate of drug-likeness (QED) is 0.290. The topological polar surface area (TPSA) is 43.4 Å². The number of hydrogen-bond acceptors (Lipinski definition) is 3. The predicted octanol–water partition coefficient (Wildman–Crippen LogP) is 5.71. The summed E-state index contributed by atoms with van der Waals surface area (Å²) >= 11 is 5.79. The fraction of sp³-hybridized carbons (Fsp3) is 0.176. The average Bonchev–Trinajstić information content (AvgIpc) is 2.59. The molecular formula is C17H11Br2F5O3. The smallest absolute Gasteiger partial charge is 0.405 e. The maximum atomic E-state index is 12.5. The van der Waals surface area contributed by atoms with E-state index in [1.165, 1.54) is 18.2 Å². The third-order valence-corrected chi connectivity index (χ3v) is 3.86. The largest absolute Gasteiger partial charge is 0.573 e. The predicted molar refractivity (Wildman–Crippen MR) is 95.7 cm³/mol. The first-order chi connectivity index (χ1) is 12.6. The monoisotopic (exact) mass is 516 g/mol. The number of ether oxygens (including phenoxy) is 1. The van der Waals surface area contributed by atoms with Crippen molar-refractivity contribution in [1.29, 1.82) is 0 Å². The average molecular weight is 518 g/mol. The van der Waals surface area contributed by atoms with Crippen molar-refractivity contribution in [2.45, 2.75) is 6.36 Å². The van der Waals surface area contributed by atoms with Crippen LogP contribution in [0.3, 0.4) is 0 Å². The highest BCUT2D eigenvalue weighted by Crippen LogP contribution is 2.26. The van der Waals surface area contributed by atoms with E-state index in [9.17, 15) is 31.5 Å². The third kappa shape index (κ3) is 8.17. The molecular weight excluding hydrogens is 507 g/mol. The summed E-state index contributed by atoms with van der Waals surface area (Å²) in [5.74, 6) is -2.75. The molecule has 0 amide bonds. The molecule has 0 heterocycles. The number of carbonyl (C=O) groups is 2. The van der Waals surface area contributed by atoms with Gasteiger partial charge in [0.15, 0.2) is 11.6 Å². The second kappa shape index (κ2) is 10.5. The Hall–Kier alpha value is -1.81. The highest BCUT2D eigenvalue weighted by Gasteiger charge is 2.32. The molecule has 0 aromatic heterocycles. The molecule has 0 saturated carbocycles. The van der Waals surface area contributed by atoms with E-state index >= 15 is 0 Å². The zero-order chi connectivity index (χ0) is 20.6. The number of benzene rings is 2. The summed E-state index contributed by atoms with van der Waals surface area (Å²) in [5, 5.41) is 0.0150. The fourth-order valence-electron chi connectivity index (χ4n) is 1.77. The van der Waals surface area contributed by atoms with Crippen molar-refractivity contribution in [2.24, 2.45) is 0 Å². The highest BCUT2D eigenvalue weighted by atomic mass is 79.9. The van der Waals surface area contributed by atoms with Crippen LogP contribution in [0, 0.1) is 11.6 Å². The van der Waals surface area contributed by atoms with Crippen LogP contribution >= 0.6 is 31.9 Å². The number of halogens is 7. The van der Waals surface area contributed by atoms with Gasteiger partial charge in [-0.15, -0.1) is 13.2 Å². The van der Waals surface area contributed by atoms with Gasteiger partial charge in [-0.2, -0.15) is 0 Å². The van der Waals surface area contributed by atoms with Crippen LogP contribution in [-0.4, -0.2) is 28.6 Å². The highest BCUT2D eigenvalue weighted by molar-refractivity contribution is 9.09. The van der Waals surface area contributed by atoms with Crippen molar-refractivity contribution in [3.05, 3.63) is 65.2 Å². The van der Waals surface area contributed by atoms with Crippen molar-refractivity contribution >= 4 is 43.4 Å². The van der Waals surface area contributed by atoms with E-state index in [2.05, 4.69) is 36.6 Å². The van der Waals surface area contributed by atoms with Crippen molar-refractivity contribution < 1.29 is 36.3 Å². The van der Waals surface area contributed by atoms with E-state index in [-0.39, 0.29) is 27.6 Å². The van der Waals surface area contributed by atoms with Crippen LogP contribution in [0.5, 0.6) is 5.75 Å². The Bertz CT molecular complexity index is 789. The lowest BCUT2D eigenvalue weighted by molar-refractivity contribution is -0.274. The maximum Gasteiger partial charge on any atom is 0.573 e. The Morgan fingerprint density at radius 2 is 1.41 bits per heavy atom. The number of carbonyl (C=O) groups excluding carboxylic acids is 2. The Morgan fingerprint density at radius 1 is 0.889 bits per heavy atom. The summed E-state index contributed by atoms with van der Waals surface area (Å²) in [7, 11) is 0. The van der Waals surface area contributed by atoms with Crippen LogP contribution in [0.25, 0.3) is 0 Å². The fourth-order valence-corrected chi connectivity index (χ4v) is 2.40. The lowest BCUT2D eigenvalue weighted by atomic mass is 10.1. The van der Waals surface area contributed by atoms with Gasteiger partial charge in [-0.25, -0.2) is 8.78 Å². The van der Waals surface area contributed by atoms with Crippen molar-refractivity contribution in [3.63, 3.8) is 0 Å². The van der Waals surface area contributed by atoms with Gasteiger partial charge in [0, 0.05) is 11.6 Å². The van der Waals surface area contributed by atoms with Gasteiger partial charge in [0.05, 0.1) is 16.2 Å². The Balaban J connectivity index is 0.000000277. The molecule has 3 nitrogen and oxygen atoms in total. The van der Waals surface area contributed by atoms with E-state index < -0.39 is 29.5 Å². The van der Waals surface area contributed by atoms with Crippen LogP contribution in [0.4, 0.5) is 22.0 Å². The first-order valence-electron chi connectivity index (χ1n) is 7.06. The van der Waals surface area contributed by atoms with Crippen LogP contribution in [0.1, 0.15) is 20.7 Å². The summed E-state index contributed by atoms with van der Waals surface area (Å²) in [6, 6.07) is 7.96. The number of Topliss-reactive ketones (excluding diaryl/α,β-unsaturated/α-hetero) is 2. The molecule has 2 rings (SSSR count). The standard InChI is InChI=1S/C9H6BrF3O2.C8H5BrF2O/c10-5-7(14)6-3-1-2-4-8(6)15-9(11,12)13;9-4-8(12)5-1-6(10)3-7(11)2-5/h1-4H,5H2;1-3H,4H2. The number of hydrogen-bond donors (Lipinski definition) is 0. The zero-order valence-electron chi connectivity index (χ0n) is 13.3. The van der Waals surface area contributed by atoms with E-state index in [0.29, 0.717) is 0 Å². The van der Waals surface area contributed by atoms with Crippen LogP contribution in [0.15, 0.2) is 42.5 Å². The second-order valence-corrected chi connectivity index (χ2v) is 5.94. The lowest BCUT2D eigenvalue weighted by Gasteiger charge is -2.11. The summed E-state index contributed by atoms with van der Waals surface area (Å²) in [6.45, 7) is 0. The summed E-state index contributed by atoms with van der Waals surface area (Å²) < 4.78 is 64.6. The minimum Gasteiger partial charge on any atom is -0.405 e. The molecule has 0 radical (unpaired) electrons. The lowest BCUT2D eigenvalue weighted by Crippen LogP contribution is -2.19. The van der Waals surface area contributed by atoms with Gasteiger partial charge in [0.1, 0.15) is 17.4 Å². The molecule has 146 valence electrons. The van der Waals surface area contributed by atoms with Gasteiger partial charge in [0.25, 0.3) is 0 Å². The first-order valence-corrected chi connectivity index (χ1v) is 9.31. The molecule has 0 bridgehead atoms. The van der Waals surface area contributed by atoms with Crippen LogP contribution < -0.4 is 4.74 Å². The zero-order valence-corrected chi connectivity index (χ0v) is 16.5. The molecule has 27 heavy (non-hydrogen) atoms. The van der Waals surface area contributed by atoms with Crippen LogP contribution in [0.2, 0.25) is 0 Å². The third-order valence-electron chi connectivity index (χ3n) is 2.84. The molecule has 0 unspecified atom stereocenters. The SMILES string of the molecule is O=C(CBr)c1cc(F)cc(F)c1.O=C(CBr)c1ccccc1OC(F)(F)F. The van der Waals surface area contributed by atoms with Gasteiger partial charge in [-0.1, -0.05) is 44.0 Å². The second-order valence-electron chi connectivity index (χ2n) is 4.82. The molecule has 0 atom stereocenters. The van der Waals surface area contributed by atoms with Gasteiger partial charge in [-0.05, 0) is 24.3 Å². The Morgan fingerprint density at radius 3 is 1.89 bits per heavy atom. The van der Waals surface area contributed by atoms with E-state index in [0.717, 1.165) is 24.3 Å². The number of rotatable bonds is 5. The number of ketones is 2. The van der Waals surface area contributed by atoms with E-state index in [1.807, 2.05) is 0 Å².